The summed E-state index contributed by atoms with van der Waals surface area (Å²) in [4.78, 5) is 13.8. The van der Waals surface area contributed by atoms with E-state index in [4.69, 9.17) is 4.74 Å². The zero-order valence-electron chi connectivity index (χ0n) is 11.0. The Labute approximate surface area is 98.3 Å². The van der Waals surface area contributed by atoms with Crippen molar-refractivity contribution in [2.75, 3.05) is 14.1 Å². The molecular weight excluding hydrogens is 204 g/mol. The van der Waals surface area contributed by atoms with Crippen LogP contribution in [0.3, 0.4) is 0 Å². The second-order valence-electron chi connectivity index (χ2n) is 5.71. The third-order valence-electron chi connectivity index (χ3n) is 2.84. The van der Waals surface area contributed by atoms with Gasteiger partial charge in [-0.25, -0.2) is 4.79 Å². The molecule has 1 saturated carbocycles. The fourth-order valence-electron chi connectivity index (χ4n) is 2.19. The Balaban J connectivity index is 2.44. The van der Waals surface area contributed by atoms with Crippen LogP contribution in [0.15, 0.2) is 0 Å². The van der Waals surface area contributed by atoms with Crippen molar-refractivity contribution in [1.29, 1.82) is 0 Å². The average Bonchev–Trinajstić information content (AvgIpc) is 2.47. The van der Waals surface area contributed by atoms with E-state index in [0.717, 1.165) is 12.8 Å². The highest BCUT2D eigenvalue weighted by Gasteiger charge is 2.31. The molecule has 0 bridgehead atoms. The number of ether oxygens (including phenoxy) is 1. The molecule has 2 atom stereocenters. The summed E-state index contributed by atoms with van der Waals surface area (Å²) in [5, 5.41) is 2.96. The summed E-state index contributed by atoms with van der Waals surface area (Å²) in [6.07, 6.45) is 3.06. The van der Waals surface area contributed by atoms with Crippen LogP contribution in [0.25, 0.3) is 0 Å². The quantitative estimate of drug-likeness (QED) is 0.786. The average molecular weight is 228 g/mol. The van der Waals surface area contributed by atoms with Crippen LogP contribution in [0.2, 0.25) is 0 Å². The maximum atomic E-state index is 11.6. The maximum Gasteiger partial charge on any atom is 0.407 e. The molecule has 0 heterocycles. The van der Waals surface area contributed by atoms with Crippen molar-refractivity contribution >= 4 is 6.09 Å². The highest BCUT2D eigenvalue weighted by molar-refractivity contribution is 5.68. The van der Waals surface area contributed by atoms with E-state index >= 15 is 0 Å². The van der Waals surface area contributed by atoms with Crippen LogP contribution in [0, 0.1) is 0 Å². The Morgan fingerprint density at radius 3 is 2.44 bits per heavy atom. The molecular formula is C12H24N2O2. The predicted octanol–water partition coefficient (Wildman–Crippen LogP) is 1.99. The monoisotopic (exact) mass is 228 g/mol. The van der Waals surface area contributed by atoms with Crippen LogP contribution >= 0.6 is 0 Å². The third kappa shape index (κ3) is 4.00. The molecule has 94 valence electrons. The molecule has 0 radical (unpaired) electrons. The van der Waals surface area contributed by atoms with Gasteiger partial charge in [-0.2, -0.15) is 0 Å². The summed E-state index contributed by atoms with van der Waals surface area (Å²) in [5.74, 6) is 0. The SMILES string of the molecule is CN(C)[C@H]1CCCC1NC(=O)OC(C)(C)C. The van der Waals surface area contributed by atoms with Gasteiger partial charge in [0, 0.05) is 12.1 Å². The van der Waals surface area contributed by atoms with Crippen molar-refractivity contribution in [2.24, 2.45) is 0 Å². The van der Waals surface area contributed by atoms with Gasteiger partial charge in [0.1, 0.15) is 5.60 Å². The number of carbonyl (C=O) groups is 1. The molecule has 0 aromatic carbocycles. The number of amides is 1. The minimum absolute atomic E-state index is 0.227. The normalized spacial score (nSPS) is 25.9. The van der Waals surface area contributed by atoms with Gasteiger partial charge in [-0.15, -0.1) is 0 Å². The van der Waals surface area contributed by atoms with Crippen molar-refractivity contribution < 1.29 is 9.53 Å². The molecule has 1 N–H and O–H groups in total. The number of alkyl carbamates (subject to hydrolysis) is 1. The lowest BCUT2D eigenvalue weighted by Crippen LogP contribution is -2.47. The topological polar surface area (TPSA) is 41.6 Å². The highest BCUT2D eigenvalue weighted by atomic mass is 16.6. The van der Waals surface area contributed by atoms with Gasteiger partial charge in [-0.1, -0.05) is 0 Å². The van der Waals surface area contributed by atoms with Gasteiger partial charge in [0.05, 0.1) is 0 Å². The molecule has 1 unspecified atom stereocenters. The number of hydrogen-bond acceptors (Lipinski definition) is 3. The molecule has 16 heavy (non-hydrogen) atoms. The zero-order valence-corrected chi connectivity index (χ0v) is 11.0. The Hall–Kier alpha value is -0.770. The van der Waals surface area contributed by atoms with Gasteiger partial charge in [-0.05, 0) is 54.1 Å². The van der Waals surface area contributed by atoms with Crippen molar-refractivity contribution in [1.82, 2.24) is 10.2 Å². The molecule has 0 aliphatic heterocycles. The minimum atomic E-state index is -0.420. The molecule has 0 saturated heterocycles. The first-order valence-electron chi connectivity index (χ1n) is 5.95. The lowest BCUT2D eigenvalue weighted by molar-refractivity contribution is 0.0485. The summed E-state index contributed by atoms with van der Waals surface area (Å²) < 4.78 is 5.26. The number of nitrogens with zero attached hydrogens (tertiary/aromatic N) is 1. The van der Waals surface area contributed by atoms with E-state index in [0.29, 0.717) is 6.04 Å². The van der Waals surface area contributed by atoms with E-state index in [-0.39, 0.29) is 12.1 Å². The van der Waals surface area contributed by atoms with Crippen LogP contribution in [0.5, 0.6) is 0 Å². The minimum Gasteiger partial charge on any atom is -0.444 e. The van der Waals surface area contributed by atoms with Gasteiger partial charge >= 0.3 is 6.09 Å². The van der Waals surface area contributed by atoms with E-state index in [2.05, 4.69) is 24.3 Å². The summed E-state index contributed by atoms with van der Waals surface area (Å²) >= 11 is 0. The summed E-state index contributed by atoms with van der Waals surface area (Å²) in [5.41, 5.74) is -0.420. The van der Waals surface area contributed by atoms with E-state index in [9.17, 15) is 4.79 Å². The van der Waals surface area contributed by atoms with E-state index in [1.807, 2.05) is 20.8 Å². The van der Waals surface area contributed by atoms with Gasteiger partial charge in [-0.3, -0.25) is 0 Å². The predicted molar refractivity (Wildman–Crippen MR) is 64.5 cm³/mol. The second kappa shape index (κ2) is 5.04. The smallest absolute Gasteiger partial charge is 0.407 e. The molecule has 1 aliphatic carbocycles. The number of rotatable bonds is 2. The summed E-state index contributed by atoms with van der Waals surface area (Å²) in [6.45, 7) is 5.64. The van der Waals surface area contributed by atoms with Crippen molar-refractivity contribution in [3.05, 3.63) is 0 Å². The number of likely N-dealkylation sites (N-methyl/N-ethyl adjacent to an activating group) is 1. The molecule has 0 aromatic rings. The summed E-state index contributed by atoms with van der Waals surface area (Å²) in [6, 6.07) is 0.664. The van der Waals surface area contributed by atoms with E-state index in [1.54, 1.807) is 0 Å². The van der Waals surface area contributed by atoms with Crippen molar-refractivity contribution in [3.8, 4) is 0 Å². The van der Waals surface area contributed by atoms with Gasteiger partial charge in [0.2, 0.25) is 0 Å². The van der Waals surface area contributed by atoms with Crippen molar-refractivity contribution in [2.45, 2.75) is 57.7 Å². The Bertz CT molecular complexity index is 246. The van der Waals surface area contributed by atoms with E-state index in [1.165, 1.54) is 6.42 Å². The first kappa shape index (κ1) is 13.3. The Morgan fingerprint density at radius 2 is 1.94 bits per heavy atom. The third-order valence-corrected chi connectivity index (χ3v) is 2.84. The maximum absolute atomic E-state index is 11.6. The lowest BCUT2D eigenvalue weighted by atomic mass is 10.1. The number of hydrogen-bond donors (Lipinski definition) is 1. The molecule has 1 fully saturated rings. The van der Waals surface area contributed by atoms with Crippen molar-refractivity contribution in [3.63, 3.8) is 0 Å². The second-order valence-corrected chi connectivity index (χ2v) is 5.71. The number of carbonyl (C=O) groups excluding carboxylic acids is 1. The molecule has 0 spiro atoms. The molecule has 4 nitrogen and oxygen atoms in total. The fourth-order valence-corrected chi connectivity index (χ4v) is 2.19. The molecule has 1 aliphatic rings. The van der Waals surface area contributed by atoms with Gasteiger partial charge in [0.25, 0.3) is 0 Å². The van der Waals surface area contributed by atoms with Crippen LogP contribution in [-0.4, -0.2) is 42.8 Å². The van der Waals surface area contributed by atoms with Crippen LogP contribution < -0.4 is 5.32 Å². The fraction of sp³-hybridized carbons (Fsp3) is 0.917. The van der Waals surface area contributed by atoms with Gasteiger partial charge in [0.15, 0.2) is 0 Å². The van der Waals surface area contributed by atoms with Crippen LogP contribution in [0.1, 0.15) is 40.0 Å². The molecule has 1 amide bonds. The first-order valence-corrected chi connectivity index (χ1v) is 5.95. The molecule has 4 heteroatoms. The Morgan fingerprint density at radius 1 is 1.31 bits per heavy atom. The van der Waals surface area contributed by atoms with Crippen LogP contribution in [-0.2, 0) is 4.74 Å². The highest BCUT2D eigenvalue weighted by Crippen LogP contribution is 2.22. The lowest BCUT2D eigenvalue weighted by Gasteiger charge is -2.28. The standard InChI is InChI=1S/C12H24N2O2/c1-12(2,3)16-11(15)13-9-7-6-8-10(9)14(4)5/h9-10H,6-8H2,1-5H3,(H,13,15)/t9?,10-/m0/s1. The molecule has 0 aromatic heterocycles. The Kier molecular flexibility index (Phi) is 4.19. The largest absolute Gasteiger partial charge is 0.444 e. The first-order chi connectivity index (χ1) is 7.29. The zero-order chi connectivity index (χ0) is 12.3. The van der Waals surface area contributed by atoms with Crippen LogP contribution in [0.4, 0.5) is 4.79 Å². The number of nitrogens with one attached hydrogen (secondary N) is 1. The van der Waals surface area contributed by atoms with Gasteiger partial charge < -0.3 is 15.0 Å². The van der Waals surface area contributed by atoms with E-state index < -0.39 is 5.60 Å². The summed E-state index contributed by atoms with van der Waals surface area (Å²) in [7, 11) is 4.11. The molecule has 1 rings (SSSR count).